The van der Waals surface area contributed by atoms with Crippen LogP contribution in [0.1, 0.15) is 32.7 Å². The van der Waals surface area contributed by atoms with Gasteiger partial charge in [0, 0.05) is 22.2 Å². The molecule has 0 saturated carbocycles. The van der Waals surface area contributed by atoms with E-state index in [1.165, 1.54) is 16.9 Å². The molecule has 0 saturated heterocycles. The van der Waals surface area contributed by atoms with E-state index in [1.807, 2.05) is 24.3 Å². The summed E-state index contributed by atoms with van der Waals surface area (Å²) in [6, 6.07) is 8.14. The highest BCUT2D eigenvalue weighted by Crippen LogP contribution is 2.18. The van der Waals surface area contributed by atoms with Crippen molar-refractivity contribution in [1.29, 1.82) is 0 Å². The van der Waals surface area contributed by atoms with Gasteiger partial charge in [-0.05, 0) is 45.0 Å². The fraction of sp³-hybridized carbons (Fsp3) is 0.375. The van der Waals surface area contributed by atoms with E-state index >= 15 is 0 Å². The van der Waals surface area contributed by atoms with E-state index in [9.17, 15) is 4.79 Å². The Balaban J connectivity index is 2.02. The lowest BCUT2D eigenvalue weighted by atomic mass is 10.2. The Morgan fingerprint density at radius 2 is 2.10 bits per heavy atom. The quantitative estimate of drug-likeness (QED) is 0.858. The van der Waals surface area contributed by atoms with Crippen molar-refractivity contribution in [2.24, 2.45) is 0 Å². The van der Waals surface area contributed by atoms with Gasteiger partial charge in [-0.15, -0.1) is 11.3 Å². The fourth-order valence-corrected chi connectivity index (χ4v) is 3.19. The number of aryl methyl sites for hydroxylation is 2. The number of aromatic nitrogens is 1. The van der Waals surface area contributed by atoms with Gasteiger partial charge in [0.25, 0.3) is 0 Å². The van der Waals surface area contributed by atoms with Gasteiger partial charge < -0.3 is 10.1 Å². The van der Waals surface area contributed by atoms with Gasteiger partial charge in [-0.2, -0.15) is 0 Å². The zero-order valence-electron chi connectivity index (χ0n) is 12.8. The number of methoxy groups -OCH3 is 1. The highest BCUT2D eigenvalue weighted by atomic mass is 32.1. The number of pyridine rings is 1. The number of anilines is 1. The van der Waals surface area contributed by atoms with Crippen molar-refractivity contribution in [2.45, 2.75) is 33.2 Å². The molecule has 2 rings (SSSR count). The molecule has 0 aliphatic heterocycles. The van der Waals surface area contributed by atoms with Crippen molar-refractivity contribution in [2.75, 3.05) is 12.4 Å². The molecule has 0 aromatic carbocycles. The number of thiophene rings is 1. The van der Waals surface area contributed by atoms with Crippen molar-refractivity contribution in [3.05, 3.63) is 45.3 Å². The van der Waals surface area contributed by atoms with E-state index in [0.717, 1.165) is 12.2 Å². The van der Waals surface area contributed by atoms with Gasteiger partial charge in [0.2, 0.25) is 0 Å². The Morgan fingerprint density at radius 3 is 2.67 bits per heavy atom. The molecule has 2 aromatic rings. The first-order chi connectivity index (χ1) is 9.99. The molecule has 112 valence electrons. The molecule has 4 nitrogen and oxygen atoms in total. The monoisotopic (exact) mass is 304 g/mol. The zero-order valence-corrected chi connectivity index (χ0v) is 13.6. The maximum absolute atomic E-state index is 11.5. The Bertz CT molecular complexity index is 637. The first kappa shape index (κ1) is 15.5. The summed E-state index contributed by atoms with van der Waals surface area (Å²) in [5, 5.41) is 3.37. The second-order valence-corrected chi connectivity index (χ2v) is 6.46. The number of ether oxygens (including phenoxy) is 1. The van der Waals surface area contributed by atoms with Crippen molar-refractivity contribution < 1.29 is 9.53 Å². The number of hydrogen-bond acceptors (Lipinski definition) is 5. The molecule has 1 N–H and O–H groups in total. The fourth-order valence-electron chi connectivity index (χ4n) is 2.17. The highest BCUT2D eigenvalue weighted by molar-refractivity contribution is 7.11. The SMILES string of the molecule is COC(=O)c1ccc(NC(C)Cc2ccc(C)s2)nc1C. The predicted octanol–water partition coefficient (Wildman–Crippen LogP) is 3.59. The molecule has 2 aromatic heterocycles. The van der Waals surface area contributed by atoms with Crippen LogP contribution in [0.4, 0.5) is 5.82 Å². The average molecular weight is 304 g/mol. The highest BCUT2D eigenvalue weighted by Gasteiger charge is 2.12. The van der Waals surface area contributed by atoms with Gasteiger partial charge in [-0.25, -0.2) is 9.78 Å². The standard InChI is InChI=1S/C16H20N2O2S/c1-10(9-13-6-5-11(2)21-13)17-15-8-7-14(12(3)18-15)16(19)20-4/h5-8,10H,9H2,1-4H3,(H,17,18). The summed E-state index contributed by atoms with van der Waals surface area (Å²) < 4.78 is 4.72. The van der Waals surface area contributed by atoms with Crippen molar-refractivity contribution in [3.8, 4) is 0 Å². The predicted molar refractivity (Wildman–Crippen MR) is 86.2 cm³/mol. The summed E-state index contributed by atoms with van der Waals surface area (Å²) in [5.74, 6) is 0.426. The van der Waals surface area contributed by atoms with E-state index < -0.39 is 0 Å². The minimum Gasteiger partial charge on any atom is -0.465 e. The largest absolute Gasteiger partial charge is 0.465 e. The molecule has 5 heteroatoms. The van der Waals surface area contributed by atoms with Crippen LogP contribution in [0, 0.1) is 13.8 Å². The normalized spacial score (nSPS) is 12.0. The Morgan fingerprint density at radius 1 is 1.33 bits per heavy atom. The molecule has 0 radical (unpaired) electrons. The second-order valence-electron chi connectivity index (χ2n) is 5.08. The molecule has 0 fully saturated rings. The minimum atomic E-state index is -0.353. The van der Waals surface area contributed by atoms with E-state index in [4.69, 9.17) is 4.74 Å². The molecule has 1 unspecified atom stereocenters. The van der Waals surface area contributed by atoms with Gasteiger partial charge in [0.15, 0.2) is 0 Å². The Labute approximate surface area is 129 Å². The van der Waals surface area contributed by atoms with Crippen LogP contribution in [0.5, 0.6) is 0 Å². The molecule has 1 atom stereocenters. The summed E-state index contributed by atoms with van der Waals surface area (Å²) in [6.45, 7) is 6.05. The maximum Gasteiger partial charge on any atom is 0.339 e. The lowest BCUT2D eigenvalue weighted by Gasteiger charge is -2.14. The number of nitrogens with zero attached hydrogens (tertiary/aromatic N) is 1. The lowest BCUT2D eigenvalue weighted by Crippen LogP contribution is -2.19. The number of carbonyl (C=O) groups is 1. The summed E-state index contributed by atoms with van der Waals surface area (Å²) in [7, 11) is 1.37. The zero-order chi connectivity index (χ0) is 15.4. The number of hydrogen-bond donors (Lipinski definition) is 1. The third-order valence-corrected chi connectivity index (χ3v) is 4.21. The number of nitrogens with one attached hydrogen (secondary N) is 1. The Kier molecular flexibility index (Phi) is 4.96. The molecular weight excluding hydrogens is 284 g/mol. The minimum absolute atomic E-state index is 0.277. The average Bonchev–Trinajstić information content (AvgIpc) is 2.83. The Hall–Kier alpha value is -1.88. The first-order valence-electron chi connectivity index (χ1n) is 6.87. The molecule has 0 amide bonds. The molecule has 2 heterocycles. The van der Waals surface area contributed by atoms with Crippen LogP contribution in [0.15, 0.2) is 24.3 Å². The van der Waals surface area contributed by atoms with E-state index in [-0.39, 0.29) is 12.0 Å². The molecule has 0 aliphatic carbocycles. The van der Waals surface area contributed by atoms with Gasteiger partial charge in [0.1, 0.15) is 5.82 Å². The smallest absolute Gasteiger partial charge is 0.339 e. The van der Waals surface area contributed by atoms with Crippen LogP contribution in [-0.2, 0) is 11.2 Å². The van der Waals surface area contributed by atoms with E-state index in [2.05, 4.69) is 36.3 Å². The summed E-state index contributed by atoms with van der Waals surface area (Å²) in [4.78, 5) is 18.6. The van der Waals surface area contributed by atoms with E-state index in [1.54, 1.807) is 6.07 Å². The van der Waals surface area contributed by atoms with Crippen LogP contribution >= 0.6 is 11.3 Å². The molecule has 0 aliphatic rings. The van der Waals surface area contributed by atoms with Crippen LogP contribution in [-0.4, -0.2) is 24.1 Å². The van der Waals surface area contributed by atoms with Gasteiger partial charge in [-0.1, -0.05) is 0 Å². The lowest BCUT2D eigenvalue weighted by molar-refractivity contribution is 0.0599. The topological polar surface area (TPSA) is 51.2 Å². The molecule has 0 spiro atoms. The molecular formula is C16H20N2O2S. The van der Waals surface area contributed by atoms with Crippen LogP contribution < -0.4 is 5.32 Å². The van der Waals surface area contributed by atoms with Gasteiger partial charge in [-0.3, -0.25) is 0 Å². The van der Waals surface area contributed by atoms with Crippen molar-refractivity contribution >= 4 is 23.1 Å². The molecule has 21 heavy (non-hydrogen) atoms. The summed E-state index contributed by atoms with van der Waals surface area (Å²) in [5.41, 5.74) is 1.18. The number of esters is 1. The van der Waals surface area contributed by atoms with E-state index in [0.29, 0.717) is 11.3 Å². The van der Waals surface area contributed by atoms with Crippen molar-refractivity contribution in [3.63, 3.8) is 0 Å². The maximum atomic E-state index is 11.5. The third kappa shape index (κ3) is 4.04. The van der Waals surface area contributed by atoms with Crippen LogP contribution in [0.2, 0.25) is 0 Å². The first-order valence-corrected chi connectivity index (χ1v) is 7.69. The summed E-state index contributed by atoms with van der Waals surface area (Å²) in [6.07, 6.45) is 0.956. The van der Waals surface area contributed by atoms with Gasteiger partial charge >= 0.3 is 5.97 Å². The third-order valence-electron chi connectivity index (χ3n) is 3.19. The van der Waals surface area contributed by atoms with Crippen molar-refractivity contribution in [1.82, 2.24) is 4.98 Å². The number of rotatable bonds is 5. The van der Waals surface area contributed by atoms with Crippen LogP contribution in [0.3, 0.4) is 0 Å². The second kappa shape index (κ2) is 6.72. The number of carbonyl (C=O) groups excluding carboxylic acids is 1. The van der Waals surface area contributed by atoms with Gasteiger partial charge in [0.05, 0.1) is 18.4 Å². The molecule has 0 bridgehead atoms. The van der Waals surface area contributed by atoms with Crippen LogP contribution in [0.25, 0.3) is 0 Å². The summed E-state index contributed by atoms with van der Waals surface area (Å²) >= 11 is 1.82.